The van der Waals surface area contributed by atoms with Crippen LogP contribution in [0.4, 0.5) is 0 Å². The molecule has 3 rings (SSSR count). The first-order chi connectivity index (χ1) is 11.1. The maximum atomic E-state index is 11.7. The molecule has 1 aromatic carbocycles. The summed E-state index contributed by atoms with van der Waals surface area (Å²) in [6.07, 6.45) is 4.28. The van der Waals surface area contributed by atoms with Gasteiger partial charge in [-0.25, -0.2) is 0 Å². The Morgan fingerprint density at radius 2 is 2.17 bits per heavy atom. The minimum atomic E-state index is -0.170. The van der Waals surface area contributed by atoms with Crippen LogP contribution in [-0.2, 0) is 14.9 Å². The van der Waals surface area contributed by atoms with Gasteiger partial charge in [0, 0.05) is 18.9 Å². The van der Waals surface area contributed by atoms with Crippen molar-refractivity contribution in [1.82, 2.24) is 4.90 Å². The van der Waals surface area contributed by atoms with Crippen LogP contribution in [0.5, 0.6) is 5.75 Å². The van der Waals surface area contributed by atoms with Gasteiger partial charge in [0.1, 0.15) is 11.9 Å². The number of ether oxygens (including phenoxy) is 2. The molecule has 126 valence electrons. The van der Waals surface area contributed by atoms with Crippen LogP contribution in [0.15, 0.2) is 24.3 Å². The number of benzene rings is 1. The number of carbonyl (C=O) groups excluding carboxylic acids is 1. The van der Waals surface area contributed by atoms with Crippen molar-refractivity contribution < 1.29 is 14.3 Å². The molecule has 23 heavy (non-hydrogen) atoms. The van der Waals surface area contributed by atoms with Gasteiger partial charge in [0.2, 0.25) is 0 Å². The Hall–Kier alpha value is -1.55. The number of methoxy groups -OCH3 is 1. The first-order valence-corrected chi connectivity index (χ1v) is 8.56. The van der Waals surface area contributed by atoms with Crippen molar-refractivity contribution in [3.63, 3.8) is 0 Å². The molecule has 0 N–H and O–H groups in total. The summed E-state index contributed by atoms with van der Waals surface area (Å²) in [6.45, 7) is 3.62. The molecule has 0 aromatic heterocycles. The van der Waals surface area contributed by atoms with Crippen LogP contribution in [0, 0.1) is 5.92 Å². The summed E-state index contributed by atoms with van der Waals surface area (Å²) in [4.78, 5) is 14.1. The molecule has 1 saturated carbocycles. The van der Waals surface area contributed by atoms with E-state index in [4.69, 9.17) is 9.47 Å². The van der Waals surface area contributed by atoms with Gasteiger partial charge in [0.25, 0.3) is 0 Å². The molecule has 4 heteroatoms. The summed E-state index contributed by atoms with van der Waals surface area (Å²) < 4.78 is 11.3. The monoisotopic (exact) mass is 317 g/mol. The highest BCUT2D eigenvalue weighted by Gasteiger charge is 2.52. The molecular formula is C19H27NO3. The van der Waals surface area contributed by atoms with Gasteiger partial charge in [0.05, 0.1) is 7.11 Å². The van der Waals surface area contributed by atoms with E-state index in [-0.39, 0.29) is 17.5 Å². The van der Waals surface area contributed by atoms with Crippen molar-refractivity contribution in [2.75, 3.05) is 27.2 Å². The Morgan fingerprint density at radius 3 is 2.91 bits per heavy atom. The molecule has 3 atom stereocenters. The molecule has 0 bridgehead atoms. The maximum Gasteiger partial charge on any atom is 0.302 e. The van der Waals surface area contributed by atoms with E-state index in [2.05, 4.69) is 30.1 Å². The van der Waals surface area contributed by atoms with Crippen molar-refractivity contribution in [2.24, 2.45) is 5.92 Å². The zero-order chi connectivity index (χ0) is 16.4. The molecule has 1 heterocycles. The number of likely N-dealkylation sites (tertiary alicyclic amines) is 1. The van der Waals surface area contributed by atoms with Gasteiger partial charge in [-0.1, -0.05) is 12.1 Å². The van der Waals surface area contributed by atoms with E-state index < -0.39 is 0 Å². The molecule has 4 nitrogen and oxygen atoms in total. The van der Waals surface area contributed by atoms with E-state index in [0.29, 0.717) is 5.92 Å². The lowest BCUT2D eigenvalue weighted by atomic mass is 9.57. The predicted octanol–water partition coefficient (Wildman–Crippen LogP) is 3.00. The Labute approximate surface area is 138 Å². The second-order valence-corrected chi connectivity index (χ2v) is 7.01. The van der Waals surface area contributed by atoms with Crippen molar-refractivity contribution in [2.45, 2.75) is 44.1 Å². The van der Waals surface area contributed by atoms with E-state index in [1.54, 1.807) is 7.11 Å². The molecule has 1 saturated heterocycles. The molecule has 2 aliphatic rings. The van der Waals surface area contributed by atoms with E-state index in [9.17, 15) is 4.79 Å². The number of esters is 1. The topological polar surface area (TPSA) is 38.8 Å². The van der Waals surface area contributed by atoms with Crippen molar-refractivity contribution >= 4 is 5.97 Å². The van der Waals surface area contributed by atoms with Gasteiger partial charge < -0.3 is 14.4 Å². The second kappa shape index (κ2) is 6.52. The fraction of sp³-hybridized carbons (Fsp3) is 0.632. The Balaban J connectivity index is 2.05. The van der Waals surface area contributed by atoms with Gasteiger partial charge in [-0.15, -0.1) is 0 Å². The van der Waals surface area contributed by atoms with Crippen molar-refractivity contribution in [1.29, 1.82) is 0 Å². The molecule has 0 radical (unpaired) electrons. The lowest BCUT2D eigenvalue weighted by molar-refractivity contribution is -0.157. The molecule has 2 fully saturated rings. The molecule has 3 unspecified atom stereocenters. The summed E-state index contributed by atoms with van der Waals surface area (Å²) in [5.74, 6) is 1.23. The first-order valence-electron chi connectivity index (χ1n) is 8.56. The van der Waals surface area contributed by atoms with Crippen LogP contribution >= 0.6 is 0 Å². The van der Waals surface area contributed by atoms with Crippen LogP contribution in [0.2, 0.25) is 0 Å². The summed E-state index contributed by atoms with van der Waals surface area (Å²) in [5, 5.41) is 0. The SMILES string of the molecule is COc1cccc(C23CCN(C)CC2CCCC3OC(C)=O)c1. The third-order valence-electron chi connectivity index (χ3n) is 5.68. The summed E-state index contributed by atoms with van der Waals surface area (Å²) in [7, 11) is 3.89. The predicted molar refractivity (Wildman–Crippen MR) is 89.7 cm³/mol. The third-order valence-corrected chi connectivity index (χ3v) is 5.68. The highest BCUT2D eigenvalue weighted by Crippen LogP contribution is 2.50. The van der Waals surface area contributed by atoms with Crippen LogP contribution in [-0.4, -0.2) is 44.2 Å². The summed E-state index contributed by atoms with van der Waals surface area (Å²) in [6, 6.07) is 8.36. The fourth-order valence-electron chi connectivity index (χ4n) is 4.63. The number of fused-ring (bicyclic) bond motifs is 1. The van der Waals surface area contributed by atoms with Crippen LogP contribution < -0.4 is 4.74 Å². The van der Waals surface area contributed by atoms with Crippen LogP contribution in [0.25, 0.3) is 0 Å². The molecule has 0 spiro atoms. The fourth-order valence-corrected chi connectivity index (χ4v) is 4.63. The highest BCUT2D eigenvalue weighted by atomic mass is 16.5. The van der Waals surface area contributed by atoms with Crippen molar-refractivity contribution in [3.05, 3.63) is 29.8 Å². The second-order valence-electron chi connectivity index (χ2n) is 7.01. The smallest absolute Gasteiger partial charge is 0.302 e. The molecule has 0 amide bonds. The molecule has 1 aromatic rings. The van der Waals surface area contributed by atoms with Gasteiger partial charge in [0.15, 0.2) is 0 Å². The van der Waals surface area contributed by atoms with E-state index >= 15 is 0 Å². The number of hydrogen-bond donors (Lipinski definition) is 0. The first kappa shape index (κ1) is 16.3. The third kappa shape index (κ3) is 2.97. The van der Waals surface area contributed by atoms with E-state index in [1.165, 1.54) is 18.9 Å². The zero-order valence-corrected chi connectivity index (χ0v) is 14.4. The van der Waals surface area contributed by atoms with E-state index in [1.807, 2.05) is 6.07 Å². The number of carbonyl (C=O) groups is 1. The summed E-state index contributed by atoms with van der Waals surface area (Å²) >= 11 is 0. The summed E-state index contributed by atoms with van der Waals surface area (Å²) in [5.41, 5.74) is 1.19. The number of piperidine rings is 1. The Morgan fingerprint density at radius 1 is 1.35 bits per heavy atom. The standard InChI is InChI=1S/C19H27NO3/c1-14(21)23-18-9-5-7-16-13-20(2)11-10-19(16,18)15-6-4-8-17(12-15)22-3/h4,6,8,12,16,18H,5,7,9-11,13H2,1-3H3. The molecule has 1 aliphatic heterocycles. The largest absolute Gasteiger partial charge is 0.497 e. The van der Waals surface area contributed by atoms with Gasteiger partial charge in [-0.2, -0.15) is 0 Å². The van der Waals surface area contributed by atoms with Crippen LogP contribution in [0.1, 0.15) is 38.2 Å². The molecular weight excluding hydrogens is 290 g/mol. The zero-order valence-electron chi connectivity index (χ0n) is 14.4. The number of rotatable bonds is 3. The Kier molecular flexibility index (Phi) is 4.62. The van der Waals surface area contributed by atoms with E-state index in [0.717, 1.165) is 38.1 Å². The normalized spacial score (nSPS) is 31.3. The quantitative estimate of drug-likeness (QED) is 0.803. The lowest BCUT2D eigenvalue weighted by Gasteiger charge is -2.53. The minimum Gasteiger partial charge on any atom is -0.497 e. The van der Waals surface area contributed by atoms with Gasteiger partial charge >= 0.3 is 5.97 Å². The average molecular weight is 317 g/mol. The molecule has 1 aliphatic carbocycles. The average Bonchev–Trinajstić information content (AvgIpc) is 2.54. The van der Waals surface area contributed by atoms with Crippen molar-refractivity contribution in [3.8, 4) is 5.75 Å². The van der Waals surface area contributed by atoms with Gasteiger partial charge in [-0.3, -0.25) is 4.79 Å². The number of hydrogen-bond acceptors (Lipinski definition) is 4. The van der Waals surface area contributed by atoms with Gasteiger partial charge in [-0.05, 0) is 62.9 Å². The van der Waals surface area contributed by atoms with Crippen LogP contribution in [0.3, 0.4) is 0 Å². The highest BCUT2D eigenvalue weighted by molar-refractivity contribution is 5.66. The number of nitrogens with zero attached hydrogens (tertiary/aromatic N) is 1. The Bertz CT molecular complexity index is 573. The maximum absolute atomic E-state index is 11.7. The lowest BCUT2D eigenvalue weighted by Crippen LogP contribution is -2.58. The minimum absolute atomic E-state index is 0.0282.